The summed E-state index contributed by atoms with van der Waals surface area (Å²) in [5.74, 6) is -0.470. The molecule has 0 fully saturated rings. The number of aryl methyl sites for hydroxylation is 2. The summed E-state index contributed by atoms with van der Waals surface area (Å²) in [6.45, 7) is 5.72. The maximum atomic E-state index is 12.9. The van der Waals surface area contributed by atoms with Gasteiger partial charge in [0.25, 0.3) is 0 Å². The number of likely N-dealkylation sites (N-methyl/N-ethyl adjacent to an activating group) is 1. The van der Waals surface area contributed by atoms with Gasteiger partial charge in [0.05, 0.1) is 24.8 Å². The van der Waals surface area contributed by atoms with E-state index in [0.717, 1.165) is 41.7 Å². The Kier molecular flexibility index (Phi) is 7.98. The van der Waals surface area contributed by atoms with Gasteiger partial charge >= 0.3 is 5.97 Å². The van der Waals surface area contributed by atoms with Crippen LogP contribution < -0.4 is 10.6 Å². The fourth-order valence-corrected chi connectivity index (χ4v) is 4.86. The van der Waals surface area contributed by atoms with E-state index < -0.39 is 12.0 Å². The third-order valence-corrected chi connectivity index (χ3v) is 6.71. The molecule has 3 rings (SSSR count). The van der Waals surface area contributed by atoms with Crippen LogP contribution in [0.25, 0.3) is 0 Å². The molecule has 2 amide bonds. The summed E-state index contributed by atoms with van der Waals surface area (Å²) in [5.41, 5.74) is 2.49. The van der Waals surface area contributed by atoms with Crippen molar-refractivity contribution in [2.24, 2.45) is 0 Å². The molecule has 32 heavy (non-hydrogen) atoms. The fraction of sp³-hybridized carbons (Fsp3) is 0.478. The Morgan fingerprint density at radius 3 is 2.66 bits per heavy atom. The quantitative estimate of drug-likeness (QED) is 0.588. The lowest BCUT2D eigenvalue weighted by Crippen LogP contribution is -2.43. The predicted octanol–water partition coefficient (Wildman–Crippen LogP) is 3.40. The lowest BCUT2D eigenvalue weighted by molar-refractivity contribution is -0.122. The molecule has 1 unspecified atom stereocenters. The van der Waals surface area contributed by atoms with Crippen molar-refractivity contribution < 1.29 is 19.1 Å². The van der Waals surface area contributed by atoms with Crippen molar-refractivity contribution >= 4 is 39.9 Å². The van der Waals surface area contributed by atoms with Gasteiger partial charge in [-0.1, -0.05) is 6.07 Å². The van der Waals surface area contributed by atoms with Crippen molar-refractivity contribution in [3.63, 3.8) is 0 Å². The van der Waals surface area contributed by atoms with Gasteiger partial charge in [-0.3, -0.25) is 14.5 Å². The Balaban J connectivity index is 1.65. The van der Waals surface area contributed by atoms with Crippen molar-refractivity contribution in [2.45, 2.75) is 52.5 Å². The molecule has 0 radical (unpaired) electrons. The van der Waals surface area contributed by atoms with E-state index in [1.54, 1.807) is 38.1 Å². The van der Waals surface area contributed by atoms with E-state index >= 15 is 0 Å². The fourth-order valence-electron chi connectivity index (χ4n) is 3.58. The third kappa shape index (κ3) is 5.72. The summed E-state index contributed by atoms with van der Waals surface area (Å²) >= 11 is 1.45. The van der Waals surface area contributed by atoms with Gasteiger partial charge in [-0.25, -0.2) is 9.78 Å². The number of nitrogens with one attached hydrogen (secondary N) is 2. The smallest absolute Gasteiger partial charge is 0.341 e. The molecule has 172 valence electrons. The van der Waals surface area contributed by atoms with Crippen molar-refractivity contribution in [3.05, 3.63) is 39.9 Å². The average Bonchev–Trinajstić information content (AvgIpc) is 3.12. The van der Waals surface area contributed by atoms with Crippen molar-refractivity contribution in [1.82, 2.24) is 9.88 Å². The number of carbonyl (C=O) groups excluding carboxylic acids is 3. The van der Waals surface area contributed by atoms with Crippen molar-refractivity contribution in [3.8, 4) is 0 Å². The minimum Gasteiger partial charge on any atom is -0.462 e. The molecule has 1 atom stereocenters. The van der Waals surface area contributed by atoms with Gasteiger partial charge in [-0.05, 0) is 70.7 Å². The number of thiophene rings is 1. The Bertz CT molecular complexity index is 987. The number of anilines is 2. The van der Waals surface area contributed by atoms with Crippen LogP contribution in [0.4, 0.5) is 10.8 Å². The number of hydrogen-bond donors (Lipinski definition) is 2. The van der Waals surface area contributed by atoms with E-state index in [0.29, 0.717) is 16.4 Å². The Morgan fingerprint density at radius 1 is 1.22 bits per heavy atom. The monoisotopic (exact) mass is 458 g/mol. The predicted molar refractivity (Wildman–Crippen MR) is 125 cm³/mol. The summed E-state index contributed by atoms with van der Waals surface area (Å²) in [7, 11) is 1.71. The molecule has 2 N–H and O–H groups in total. The van der Waals surface area contributed by atoms with Gasteiger partial charge in [0.15, 0.2) is 0 Å². The number of fused-ring (bicyclic) bond motifs is 1. The molecule has 1 aliphatic rings. The van der Waals surface area contributed by atoms with Gasteiger partial charge in [-0.2, -0.15) is 0 Å². The highest BCUT2D eigenvalue weighted by Crippen LogP contribution is 2.38. The number of rotatable bonds is 8. The molecule has 9 heteroatoms. The molecule has 0 bridgehead atoms. The third-order valence-electron chi connectivity index (χ3n) is 5.50. The summed E-state index contributed by atoms with van der Waals surface area (Å²) in [6, 6.07) is 3.02. The van der Waals surface area contributed by atoms with Crippen LogP contribution in [0, 0.1) is 6.92 Å². The minimum absolute atomic E-state index is 0.0236. The highest BCUT2D eigenvalue weighted by atomic mass is 32.1. The van der Waals surface area contributed by atoms with Crippen LogP contribution >= 0.6 is 11.3 Å². The Hall–Kier alpha value is -2.78. The summed E-state index contributed by atoms with van der Waals surface area (Å²) < 4.78 is 5.25. The van der Waals surface area contributed by atoms with Crippen LogP contribution in [0.15, 0.2) is 18.3 Å². The van der Waals surface area contributed by atoms with Crippen molar-refractivity contribution in [1.29, 1.82) is 0 Å². The Morgan fingerprint density at radius 2 is 1.97 bits per heavy atom. The molecule has 0 aliphatic heterocycles. The highest BCUT2D eigenvalue weighted by molar-refractivity contribution is 7.17. The van der Waals surface area contributed by atoms with E-state index in [9.17, 15) is 14.4 Å². The van der Waals surface area contributed by atoms with Crippen LogP contribution in [-0.2, 0) is 27.2 Å². The molecule has 2 aromatic rings. The SMILES string of the molecule is CCOC(=O)c1c(NC(=O)C(C)N(C)CC(=O)Nc2ccc(C)cn2)sc2c1CCCC2. The summed E-state index contributed by atoms with van der Waals surface area (Å²) in [4.78, 5) is 44.8. The first-order valence-corrected chi connectivity index (χ1v) is 11.7. The molecule has 0 spiro atoms. The lowest BCUT2D eigenvalue weighted by atomic mass is 9.95. The normalized spacial score (nSPS) is 13.9. The molecule has 0 aromatic carbocycles. The van der Waals surface area contributed by atoms with E-state index in [1.165, 1.54) is 11.3 Å². The van der Waals surface area contributed by atoms with Gasteiger partial charge in [-0.15, -0.1) is 11.3 Å². The number of carbonyl (C=O) groups is 3. The van der Waals surface area contributed by atoms with Gasteiger partial charge < -0.3 is 15.4 Å². The van der Waals surface area contributed by atoms with E-state index in [-0.39, 0.29) is 25.0 Å². The van der Waals surface area contributed by atoms with Crippen LogP contribution in [0.5, 0.6) is 0 Å². The summed E-state index contributed by atoms with van der Waals surface area (Å²) in [5, 5.41) is 6.18. The molecule has 0 saturated heterocycles. The number of aromatic nitrogens is 1. The standard InChI is InChI=1S/C23H30N4O4S/c1-5-31-23(30)20-16-8-6-7-9-17(16)32-22(20)26-21(29)15(3)27(4)13-19(28)25-18-11-10-14(2)12-24-18/h10-12,15H,5-9,13H2,1-4H3,(H,26,29)(H,24,25,28). The molecule has 8 nitrogen and oxygen atoms in total. The first-order chi connectivity index (χ1) is 15.3. The second kappa shape index (κ2) is 10.7. The maximum absolute atomic E-state index is 12.9. The number of pyridine rings is 1. The van der Waals surface area contributed by atoms with Gasteiger partial charge in [0.2, 0.25) is 11.8 Å². The van der Waals surface area contributed by atoms with Gasteiger partial charge in [0.1, 0.15) is 10.8 Å². The molecule has 0 saturated carbocycles. The minimum atomic E-state index is -0.582. The number of nitrogens with zero attached hydrogens (tertiary/aromatic N) is 2. The van der Waals surface area contributed by atoms with Crippen LogP contribution in [0.1, 0.15) is 53.1 Å². The van der Waals surface area contributed by atoms with E-state index in [4.69, 9.17) is 4.74 Å². The van der Waals surface area contributed by atoms with Crippen LogP contribution in [-0.4, -0.2) is 53.9 Å². The second-order valence-corrected chi connectivity index (χ2v) is 9.09. The van der Waals surface area contributed by atoms with E-state index in [2.05, 4.69) is 15.6 Å². The number of hydrogen-bond acceptors (Lipinski definition) is 7. The largest absolute Gasteiger partial charge is 0.462 e. The number of esters is 1. The zero-order valence-corrected chi connectivity index (χ0v) is 19.8. The molecule has 1 aliphatic carbocycles. The topological polar surface area (TPSA) is 101 Å². The lowest BCUT2D eigenvalue weighted by Gasteiger charge is -2.23. The maximum Gasteiger partial charge on any atom is 0.341 e. The molecule has 2 aromatic heterocycles. The first-order valence-electron chi connectivity index (χ1n) is 10.9. The van der Waals surface area contributed by atoms with E-state index in [1.807, 2.05) is 13.0 Å². The number of ether oxygens (including phenoxy) is 1. The van der Waals surface area contributed by atoms with Gasteiger partial charge in [0, 0.05) is 11.1 Å². The summed E-state index contributed by atoms with van der Waals surface area (Å²) in [6.07, 6.45) is 5.50. The zero-order chi connectivity index (χ0) is 23.3. The molecular weight excluding hydrogens is 428 g/mol. The van der Waals surface area contributed by atoms with Crippen LogP contribution in [0.3, 0.4) is 0 Å². The molecule has 2 heterocycles. The second-order valence-electron chi connectivity index (χ2n) is 7.98. The highest BCUT2D eigenvalue weighted by Gasteiger charge is 2.29. The van der Waals surface area contributed by atoms with Crippen molar-refractivity contribution in [2.75, 3.05) is 30.8 Å². The first kappa shape index (κ1) is 23.9. The molecular formula is C23H30N4O4S. The number of amides is 2. The van der Waals surface area contributed by atoms with Crippen LogP contribution in [0.2, 0.25) is 0 Å². The zero-order valence-electron chi connectivity index (χ0n) is 19.0. The Labute approximate surface area is 192 Å². The average molecular weight is 459 g/mol.